The number of unbranched alkanes of at least 4 members (excludes halogenated alkanes) is 2. The molecule has 6 heteroatoms. The van der Waals surface area contributed by atoms with Gasteiger partial charge in [-0.2, -0.15) is 0 Å². The number of esters is 1. The van der Waals surface area contributed by atoms with E-state index in [-0.39, 0.29) is 17.7 Å². The number of carbonyl (C=O) groups is 1. The maximum Gasteiger partial charge on any atom is 0.335 e. The minimum atomic E-state index is -1.79. The molecule has 0 bridgehead atoms. The highest BCUT2D eigenvalue weighted by atomic mass is 28.3. The van der Waals surface area contributed by atoms with E-state index in [2.05, 4.69) is 26.6 Å². The second-order valence-corrected chi connectivity index (χ2v) is 13.7. The van der Waals surface area contributed by atoms with Gasteiger partial charge in [-0.1, -0.05) is 87.1 Å². The number of rotatable bonds is 12. The van der Waals surface area contributed by atoms with Crippen LogP contribution in [0.1, 0.15) is 38.2 Å². The molecular formula is C26H34F2O3Si. The number of halogens is 2. The third kappa shape index (κ3) is 6.84. The summed E-state index contributed by atoms with van der Waals surface area (Å²) in [5.74, 6) is -2.09. The van der Waals surface area contributed by atoms with Crippen molar-refractivity contribution >= 4 is 19.2 Å². The normalized spacial score (nSPS) is 11.4. The highest BCUT2D eigenvalue weighted by Gasteiger charge is 2.23. The topological polar surface area (TPSA) is 46.5 Å². The fraction of sp³-hybridized carbons (Fsp3) is 0.423. The maximum atomic E-state index is 14.7. The molecule has 2 aromatic rings. The first-order valence-electron chi connectivity index (χ1n) is 11.2. The Labute approximate surface area is 191 Å². The molecule has 2 rings (SSSR count). The minimum Gasteiger partial charge on any atom is -0.462 e. The fourth-order valence-corrected chi connectivity index (χ4v) is 6.05. The lowest BCUT2D eigenvalue weighted by atomic mass is 10.00. The molecule has 0 aliphatic rings. The Balaban J connectivity index is 2.03. The number of aliphatic hydroxyl groups is 1. The second-order valence-electron chi connectivity index (χ2n) is 8.82. The van der Waals surface area contributed by atoms with Gasteiger partial charge in [-0.05, 0) is 30.4 Å². The van der Waals surface area contributed by atoms with Crippen molar-refractivity contribution in [3.8, 4) is 11.1 Å². The first-order valence-corrected chi connectivity index (χ1v) is 14.5. The molecule has 3 nitrogen and oxygen atoms in total. The molecule has 0 spiro atoms. The SMILES string of the molecule is C=C(CO)C(=O)OCCC[Si](C)(C)c1ccc(-c2ccc(CCCCC)c(F)c2F)cc1. The number of benzene rings is 2. The van der Waals surface area contributed by atoms with Crippen molar-refractivity contribution in [1.29, 1.82) is 0 Å². The molecule has 0 radical (unpaired) electrons. The Morgan fingerprint density at radius 2 is 1.72 bits per heavy atom. The van der Waals surface area contributed by atoms with Crippen LogP contribution in [0.2, 0.25) is 19.1 Å². The van der Waals surface area contributed by atoms with Gasteiger partial charge in [0.05, 0.1) is 26.9 Å². The summed E-state index contributed by atoms with van der Waals surface area (Å²) in [5, 5.41) is 10.1. The summed E-state index contributed by atoms with van der Waals surface area (Å²) in [7, 11) is -1.79. The van der Waals surface area contributed by atoms with E-state index in [9.17, 15) is 13.6 Å². The van der Waals surface area contributed by atoms with E-state index < -0.39 is 32.3 Å². The van der Waals surface area contributed by atoms with Crippen molar-refractivity contribution in [1.82, 2.24) is 0 Å². The highest BCUT2D eigenvalue weighted by molar-refractivity contribution is 6.89. The molecular weight excluding hydrogens is 426 g/mol. The molecule has 1 N–H and O–H groups in total. The molecule has 0 aliphatic heterocycles. The number of hydrogen-bond acceptors (Lipinski definition) is 3. The van der Waals surface area contributed by atoms with E-state index in [1.54, 1.807) is 12.1 Å². The number of hydrogen-bond donors (Lipinski definition) is 1. The molecule has 2 aromatic carbocycles. The number of aryl methyl sites for hydroxylation is 1. The monoisotopic (exact) mass is 460 g/mol. The molecule has 0 fully saturated rings. The van der Waals surface area contributed by atoms with Crippen LogP contribution in [0.3, 0.4) is 0 Å². The molecule has 0 amide bonds. The summed E-state index contributed by atoms with van der Waals surface area (Å²) in [6.45, 7) is 9.85. The van der Waals surface area contributed by atoms with Gasteiger partial charge in [0.2, 0.25) is 0 Å². The van der Waals surface area contributed by atoms with Gasteiger partial charge in [0, 0.05) is 5.56 Å². The maximum absolute atomic E-state index is 14.7. The molecule has 174 valence electrons. The molecule has 0 atom stereocenters. The standard InChI is InChI=1S/C26H34F2O3Si/c1-5-6-7-9-21-12-15-23(25(28)24(21)27)20-10-13-22(14-11-20)32(3,4)17-8-16-31-26(30)19(2)18-29/h10-15,29H,2,5-9,16-18H2,1,3-4H3. The smallest absolute Gasteiger partial charge is 0.335 e. The van der Waals surface area contributed by atoms with Gasteiger partial charge >= 0.3 is 5.97 Å². The molecule has 32 heavy (non-hydrogen) atoms. The zero-order valence-electron chi connectivity index (χ0n) is 19.3. The zero-order chi connectivity index (χ0) is 23.7. The van der Waals surface area contributed by atoms with E-state index >= 15 is 0 Å². The lowest BCUT2D eigenvalue weighted by Gasteiger charge is -2.23. The minimum absolute atomic E-state index is 0.0507. The van der Waals surface area contributed by atoms with Gasteiger partial charge in [0.15, 0.2) is 11.6 Å². The third-order valence-corrected chi connectivity index (χ3v) is 9.35. The van der Waals surface area contributed by atoms with Gasteiger partial charge < -0.3 is 9.84 Å². The summed E-state index contributed by atoms with van der Waals surface area (Å²) in [5.41, 5.74) is 1.43. The van der Waals surface area contributed by atoms with Crippen LogP contribution in [0.4, 0.5) is 8.78 Å². The summed E-state index contributed by atoms with van der Waals surface area (Å²) in [6, 6.07) is 12.0. The van der Waals surface area contributed by atoms with Gasteiger partial charge in [-0.15, -0.1) is 0 Å². The molecule has 0 aromatic heterocycles. The largest absolute Gasteiger partial charge is 0.462 e. The quantitative estimate of drug-likeness (QED) is 0.190. The Morgan fingerprint density at radius 3 is 2.34 bits per heavy atom. The van der Waals surface area contributed by atoms with E-state index in [1.165, 1.54) is 5.19 Å². The lowest BCUT2D eigenvalue weighted by molar-refractivity contribution is -0.139. The van der Waals surface area contributed by atoms with Gasteiger partial charge in [0.25, 0.3) is 0 Å². The van der Waals surface area contributed by atoms with Crippen LogP contribution in [0.15, 0.2) is 48.6 Å². The molecule has 0 saturated carbocycles. The Morgan fingerprint density at radius 1 is 1.03 bits per heavy atom. The average molecular weight is 461 g/mol. The van der Waals surface area contributed by atoms with Crippen LogP contribution in [0, 0.1) is 11.6 Å². The molecule has 0 aliphatic carbocycles. The van der Waals surface area contributed by atoms with Crippen LogP contribution in [0.25, 0.3) is 11.1 Å². The van der Waals surface area contributed by atoms with Gasteiger partial charge in [-0.3, -0.25) is 0 Å². The Kier molecular flexibility index (Phi) is 9.78. The van der Waals surface area contributed by atoms with E-state index in [0.717, 1.165) is 25.3 Å². The van der Waals surface area contributed by atoms with Crippen LogP contribution in [-0.2, 0) is 16.0 Å². The van der Waals surface area contributed by atoms with Gasteiger partial charge in [-0.25, -0.2) is 13.6 Å². The van der Waals surface area contributed by atoms with Gasteiger partial charge in [0.1, 0.15) is 0 Å². The Bertz CT molecular complexity index is 923. The molecule has 0 heterocycles. The summed E-state index contributed by atoms with van der Waals surface area (Å²) in [6.07, 6.45) is 4.17. The van der Waals surface area contributed by atoms with Crippen molar-refractivity contribution in [2.75, 3.05) is 13.2 Å². The first-order chi connectivity index (χ1) is 15.2. The number of aliphatic hydroxyl groups excluding tert-OH is 1. The van der Waals surface area contributed by atoms with Crippen molar-refractivity contribution < 1.29 is 23.4 Å². The first kappa shape index (κ1) is 25.9. The Hall–Kier alpha value is -2.31. The fourth-order valence-electron chi connectivity index (χ4n) is 3.66. The van der Waals surface area contributed by atoms with Crippen LogP contribution < -0.4 is 5.19 Å². The highest BCUT2D eigenvalue weighted by Crippen LogP contribution is 2.27. The number of carbonyl (C=O) groups excluding carboxylic acids is 1. The van der Waals surface area contributed by atoms with E-state index in [1.807, 2.05) is 24.3 Å². The van der Waals surface area contributed by atoms with E-state index in [0.29, 0.717) is 24.0 Å². The summed E-state index contributed by atoms with van der Waals surface area (Å²) in [4.78, 5) is 11.6. The van der Waals surface area contributed by atoms with Crippen LogP contribution in [-0.4, -0.2) is 32.4 Å². The van der Waals surface area contributed by atoms with Crippen molar-refractivity contribution in [2.24, 2.45) is 0 Å². The average Bonchev–Trinajstić information content (AvgIpc) is 2.79. The lowest BCUT2D eigenvalue weighted by Crippen LogP contribution is -2.41. The summed E-state index contributed by atoms with van der Waals surface area (Å²) >= 11 is 0. The van der Waals surface area contributed by atoms with Crippen LogP contribution in [0.5, 0.6) is 0 Å². The predicted octanol–water partition coefficient (Wildman–Crippen LogP) is 5.76. The third-order valence-electron chi connectivity index (χ3n) is 5.85. The zero-order valence-corrected chi connectivity index (χ0v) is 20.3. The summed E-state index contributed by atoms with van der Waals surface area (Å²) < 4.78 is 34.4. The second kappa shape index (κ2) is 12.1. The molecule has 0 unspecified atom stereocenters. The van der Waals surface area contributed by atoms with Crippen molar-refractivity contribution in [3.63, 3.8) is 0 Å². The van der Waals surface area contributed by atoms with E-state index in [4.69, 9.17) is 9.84 Å². The van der Waals surface area contributed by atoms with Crippen molar-refractivity contribution in [3.05, 3.63) is 65.7 Å². The van der Waals surface area contributed by atoms with Crippen molar-refractivity contribution in [2.45, 2.75) is 58.2 Å². The number of ether oxygens (including phenoxy) is 1. The molecule has 0 saturated heterocycles. The van der Waals surface area contributed by atoms with Crippen LogP contribution >= 0.6 is 0 Å². The predicted molar refractivity (Wildman–Crippen MR) is 129 cm³/mol.